The van der Waals surface area contributed by atoms with Crippen molar-refractivity contribution in [3.8, 4) is 28.7 Å². The number of carbonyl (C=O) groups is 1. The topological polar surface area (TPSA) is 72.5 Å². The maximum atomic E-state index is 12.4. The molecule has 7 heteroatoms. The van der Waals surface area contributed by atoms with E-state index in [1.807, 2.05) is 18.2 Å². The first kappa shape index (κ1) is 19.4. The number of esters is 1. The van der Waals surface area contributed by atoms with Crippen molar-refractivity contribution in [1.82, 2.24) is 0 Å². The fourth-order valence-corrected chi connectivity index (χ4v) is 2.97. The Hall–Kier alpha value is -3.35. The fraction of sp³-hybridized carbons (Fsp3) is 0.286. The Morgan fingerprint density at radius 3 is 2.25 bits per heavy atom. The van der Waals surface area contributed by atoms with Crippen LogP contribution in [0.3, 0.4) is 0 Å². The highest BCUT2D eigenvalue weighted by Gasteiger charge is 2.18. The van der Waals surface area contributed by atoms with Crippen LogP contribution in [0.5, 0.6) is 28.7 Å². The summed E-state index contributed by atoms with van der Waals surface area (Å²) in [4.78, 5) is 12.4. The Balaban J connectivity index is 1.96. The number of rotatable bonds is 7. The van der Waals surface area contributed by atoms with Gasteiger partial charge in [-0.1, -0.05) is 6.07 Å². The summed E-state index contributed by atoms with van der Waals surface area (Å²) in [5, 5.41) is 0. The summed E-state index contributed by atoms with van der Waals surface area (Å²) >= 11 is 0. The third kappa shape index (κ3) is 3.98. The number of ether oxygens (including phenoxy) is 6. The van der Waals surface area contributed by atoms with Crippen molar-refractivity contribution in [2.45, 2.75) is 6.42 Å². The van der Waals surface area contributed by atoms with Gasteiger partial charge in [-0.3, -0.25) is 0 Å². The van der Waals surface area contributed by atoms with Crippen LogP contribution in [0.4, 0.5) is 0 Å². The van der Waals surface area contributed by atoms with Crippen LogP contribution < -0.4 is 23.7 Å². The Morgan fingerprint density at radius 1 is 0.964 bits per heavy atom. The van der Waals surface area contributed by atoms with Gasteiger partial charge in [0.2, 0.25) is 12.5 Å². The van der Waals surface area contributed by atoms with Crippen molar-refractivity contribution in [2.24, 2.45) is 0 Å². The smallest absolute Gasteiger partial charge is 0.334 e. The lowest BCUT2D eigenvalue weighted by molar-refractivity contribution is -0.136. The van der Waals surface area contributed by atoms with E-state index in [0.717, 1.165) is 11.1 Å². The largest absolute Gasteiger partial charge is 0.493 e. The predicted octanol–water partition coefficient (Wildman–Crippen LogP) is 3.24. The van der Waals surface area contributed by atoms with Gasteiger partial charge in [-0.15, -0.1) is 0 Å². The van der Waals surface area contributed by atoms with E-state index in [0.29, 0.717) is 40.7 Å². The van der Waals surface area contributed by atoms with Gasteiger partial charge in [0.25, 0.3) is 0 Å². The second-order valence-electron chi connectivity index (χ2n) is 5.98. The molecule has 0 saturated heterocycles. The molecule has 0 N–H and O–H groups in total. The third-order valence-electron chi connectivity index (χ3n) is 4.30. The van der Waals surface area contributed by atoms with Crippen LogP contribution >= 0.6 is 0 Å². The van der Waals surface area contributed by atoms with Crippen LogP contribution in [0.1, 0.15) is 11.1 Å². The van der Waals surface area contributed by atoms with Crippen molar-refractivity contribution >= 4 is 12.0 Å². The van der Waals surface area contributed by atoms with Gasteiger partial charge in [0.1, 0.15) is 0 Å². The lowest BCUT2D eigenvalue weighted by Crippen LogP contribution is -2.08. The van der Waals surface area contributed by atoms with Crippen LogP contribution in [0, 0.1) is 0 Å². The van der Waals surface area contributed by atoms with Gasteiger partial charge in [0.05, 0.1) is 28.4 Å². The molecule has 2 aromatic carbocycles. The van der Waals surface area contributed by atoms with Crippen LogP contribution in [0.25, 0.3) is 6.08 Å². The van der Waals surface area contributed by atoms with E-state index in [-0.39, 0.29) is 6.79 Å². The molecule has 0 amide bonds. The Bertz CT molecular complexity index is 877. The number of fused-ring (bicyclic) bond motifs is 1. The van der Waals surface area contributed by atoms with Crippen LogP contribution in [-0.2, 0) is 16.0 Å². The van der Waals surface area contributed by atoms with Crippen LogP contribution in [0.2, 0.25) is 0 Å². The summed E-state index contributed by atoms with van der Waals surface area (Å²) in [6, 6.07) is 9.09. The van der Waals surface area contributed by atoms with Gasteiger partial charge in [0, 0.05) is 12.0 Å². The van der Waals surface area contributed by atoms with Crippen molar-refractivity contribution in [3.63, 3.8) is 0 Å². The Labute approximate surface area is 163 Å². The highest BCUT2D eigenvalue weighted by atomic mass is 16.7. The van der Waals surface area contributed by atoms with Gasteiger partial charge in [-0.05, 0) is 41.5 Å². The monoisotopic (exact) mass is 386 g/mol. The lowest BCUT2D eigenvalue weighted by Gasteiger charge is -2.14. The first-order chi connectivity index (χ1) is 13.6. The molecule has 3 rings (SSSR count). The first-order valence-electron chi connectivity index (χ1n) is 8.57. The summed E-state index contributed by atoms with van der Waals surface area (Å²) in [6.07, 6.45) is 2.08. The summed E-state index contributed by atoms with van der Waals surface area (Å²) in [5.41, 5.74) is 2.08. The molecule has 0 aliphatic carbocycles. The molecule has 0 saturated carbocycles. The zero-order valence-corrected chi connectivity index (χ0v) is 16.2. The van der Waals surface area contributed by atoms with E-state index in [9.17, 15) is 4.79 Å². The summed E-state index contributed by atoms with van der Waals surface area (Å²) in [5.74, 6) is 2.43. The van der Waals surface area contributed by atoms with Crippen molar-refractivity contribution in [1.29, 1.82) is 0 Å². The van der Waals surface area contributed by atoms with Crippen LogP contribution in [0.15, 0.2) is 35.9 Å². The molecule has 0 bridgehead atoms. The molecule has 148 valence electrons. The molecule has 1 heterocycles. The SMILES string of the molecule is COC(=O)/C(=C/c1ccc2c(c1)OCO2)Cc1cc(OC)c(OC)c(OC)c1. The highest BCUT2D eigenvalue weighted by Crippen LogP contribution is 2.39. The van der Waals surface area contributed by atoms with E-state index in [2.05, 4.69) is 0 Å². The van der Waals surface area contributed by atoms with Crippen LogP contribution in [-0.4, -0.2) is 41.2 Å². The lowest BCUT2D eigenvalue weighted by atomic mass is 10.0. The molecule has 1 aliphatic rings. The van der Waals surface area contributed by atoms with E-state index >= 15 is 0 Å². The molecule has 2 aromatic rings. The Morgan fingerprint density at radius 2 is 1.64 bits per heavy atom. The van der Waals surface area contributed by atoms with Gasteiger partial charge in [-0.25, -0.2) is 4.79 Å². The average Bonchev–Trinajstić information content (AvgIpc) is 3.19. The summed E-state index contributed by atoms with van der Waals surface area (Å²) < 4.78 is 31.8. The van der Waals surface area contributed by atoms with Crippen molar-refractivity contribution in [3.05, 3.63) is 47.0 Å². The van der Waals surface area contributed by atoms with Gasteiger partial charge in [0.15, 0.2) is 23.0 Å². The highest BCUT2D eigenvalue weighted by molar-refractivity contribution is 5.94. The van der Waals surface area contributed by atoms with Crippen molar-refractivity contribution in [2.75, 3.05) is 35.2 Å². The second kappa shape index (κ2) is 8.56. The second-order valence-corrected chi connectivity index (χ2v) is 5.98. The quantitative estimate of drug-likeness (QED) is 0.534. The molecule has 0 unspecified atom stereocenters. The standard InChI is InChI=1S/C21H22O7/c1-23-18-10-14(11-19(24-2)20(18)25-3)8-15(21(22)26-4)7-13-5-6-16-17(9-13)28-12-27-16/h5-7,9-11H,8,12H2,1-4H3/b15-7+. The van der Waals surface area contributed by atoms with E-state index in [4.69, 9.17) is 28.4 Å². The zero-order valence-electron chi connectivity index (χ0n) is 16.2. The molecular formula is C21H22O7. The molecule has 1 aliphatic heterocycles. The number of hydrogen-bond donors (Lipinski definition) is 0. The average molecular weight is 386 g/mol. The summed E-state index contributed by atoms with van der Waals surface area (Å²) in [7, 11) is 5.99. The van der Waals surface area contributed by atoms with Gasteiger partial charge >= 0.3 is 5.97 Å². The normalized spacial score (nSPS) is 12.5. The predicted molar refractivity (Wildman–Crippen MR) is 102 cm³/mol. The molecule has 7 nitrogen and oxygen atoms in total. The number of hydrogen-bond acceptors (Lipinski definition) is 7. The molecule has 0 aromatic heterocycles. The molecule has 0 spiro atoms. The third-order valence-corrected chi connectivity index (χ3v) is 4.30. The van der Waals surface area contributed by atoms with Gasteiger partial charge < -0.3 is 28.4 Å². The van der Waals surface area contributed by atoms with Gasteiger partial charge in [-0.2, -0.15) is 0 Å². The molecule has 0 fully saturated rings. The minimum atomic E-state index is -0.425. The number of benzene rings is 2. The molecular weight excluding hydrogens is 364 g/mol. The fourth-order valence-electron chi connectivity index (χ4n) is 2.97. The first-order valence-corrected chi connectivity index (χ1v) is 8.57. The number of carbonyl (C=O) groups excluding carboxylic acids is 1. The minimum Gasteiger partial charge on any atom is -0.493 e. The van der Waals surface area contributed by atoms with Crippen molar-refractivity contribution < 1.29 is 33.2 Å². The molecule has 0 atom stereocenters. The maximum Gasteiger partial charge on any atom is 0.334 e. The minimum absolute atomic E-state index is 0.192. The van der Waals surface area contributed by atoms with E-state index in [1.165, 1.54) is 7.11 Å². The Kier molecular flexibility index (Phi) is 5.93. The number of methoxy groups -OCH3 is 4. The zero-order chi connectivity index (χ0) is 20.1. The molecule has 0 radical (unpaired) electrons. The maximum absolute atomic E-state index is 12.4. The molecule has 28 heavy (non-hydrogen) atoms. The van der Waals surface area contributed by atoms with E-state index in [1.54, 1.807) is 39.5 Å². The van der Waals surface area contributed by atoms with E-state index < -0.39 is 5.97 Å². The summed E-state index contributed by atoms with van der Waals surface area (Å²) in [6.45, 7) is 0.192.